The SMILES string of the molecule is O=C(c1ccc(CSc2nnc(-c3ccco3)n2C2CCCCC2)cc1)N1CCCC1. The summed E-state index contributed by atoms with van der Waals surface area (Å²) in [5, 5.41) is 9.93. The summed E-state index contributed by atoms with van der Waals surface area (Å²) in [6.07, 6.45) is 10.0. The van der Waals surface area contributed by atoms with E-state index in [1.54, 1.807) is 18.0 Å². The second-order valence-corrected chi connectivity index (χ2v) is 9.37. The van der Waals surface area contributed by atoms with Crippen LogP contribution in [0.15, 0.2) is 52.2 Å². The zero-order chi connectivity index (χ0) is 21.0. The summed E-state index contributed by atoms with van der Waals surface area (Å²) >= 11 is 1.70. The largest absolute Gasteiger partial charge is 0.461 e. The molecule has 0 bridgehead atoms. The van der Waals surface area contributed by atoms with Crippen LogP contribution in [0.25, 0.3) is 11.6 Å². The lowest BCUT2D eigenvalue weighted by atomic mass is 9.95. The Bertz CT molecular complexity index is 1000. The Morgan fingerprint density at radius 2 is 1.77 bits per heavy atom. The van der Waals surface area contributed by atoms with Crippen molar-refractivity contribution < 1.29 is 9.21 Å². The minimum absolute atomic E-state index is 0.150. The van der Waals surface area contributed by atoms with Crippen LogP contribution in [0.1, 0.15) is 66.9 Å². The quantitative estimate of drug-likeness (QED) is 0.473. The zero-order valence-corrected chi connectivity index (χ0v) is 18.5. The average molecular weight is 437 g/mol. The fraction of sp³-hybridized carbons (Fsp3) is 0.458. The van der Waals surface area contributed by atoms with Crippen LogP contribution < -0.4 is 0 Å². The van der Waals surface area contributed by atoms with Crippen LogP contribution in [0.5, 0.6) is 0 Å². The van der Waals surface area contributed by atoms with Gasteiger partial charge in [0.1, 0.15) is 0 Å². The van der Waals surface area contributed by atoms with Crippen LogP contribution in [0.4, 0.5) is 0 Å². The number of hydrogen-bond donors (Lipinski definition) is 0. The topological polar surface area (TPSA) is 64.2 Å². The van der Waals surface area contributed by atoms with Gasteiger partial charge in [0.2, 0.25) is 5.82 Å². The molecule has 1 amide bonds. The number of furan rings is 1. The van der Waals surface area contributed by atoms with Crippen molar-refractivity contribution in [2.24, 2.45) is 0 Å². The molecule has 2 aromatic heterocycles. The number of hydrogen-bond acceptors (Lipinski definition) is 5. The van der Waals surface area contributed by atoms with E-state index in [1.165, 1.54) is 24.8 Å². The highest BCUT2D eigenvalue weighted by molar-refractivity contribution is 7.98. The first-order valence-electron chi connectivity index (χ1n) is 11.3. The number of rotatable bonds is 6. The Morgan fingerprint density at radius 3 is 2.48 bits per heavy atom. The van der Waals surface area contributed by atoms with Crippen molar-refractivity contribution in [3.8, 4) is 11.6 Å². The van der Waals surface area contributed by atoms with Gasteiger partial charge >= 0.3 is 0 Å². The number of benzene rings is 1. The molecule has 1 aromatic carbocycles. The standard InChI is InChI=1S/C24H28N4O2S/c29-23(27-14-4-5-15-27)19-12-10-18(11-13-19)17-31-24-26-25-22(21-9-6-16-30-21)28(24)20-7-2-1-3-8-20/h6,9-13,16,20H,1-5,7-8,14-15,17H2. The Labute approximate surface area is 187 Å². The number of nitrogens with zero attached hydrogens (tertiary/aromatic N) is 4. The van der Waals surface area contributed by atoms with Crippen LogP contribution in [0.3, 0.4) is 0 Å². The summed E-state index contributed by atoms with van der Waals surface area (Å²) in [5.41, 5.74) is 1.96. The van der Waals surface area contributed by atoms with Gasteiger partial charge in [-0.2, -0.15) is 0 Å². The van der Waals surface area contributed by atoms with Gasteiger partial charge in [0.05, 0.1) is 6.26 Å². The van der Waals surface area contributed by atoms with Crippen LogP contribution >= 0.6 is 11.8 Å². The highest BCUT2D eigenvalue weighted by Gasteiger charge is 2.25. The Hall–Kier alpha value is -2.54. The molecule has 162 valence electrons. The minimum atomic E-state index is 0.150. The molecule has 5 rings (SSSR count). The molecular formula is C24H28N4O2S. The lowest BCUT2D eigenvalue weighted by Crippen LogP contribution is -2.27. The summed E-state index contributed by atoms with van der Waals surface area (Å²) in [4.78, 5) is 14.5. The van der Waals surface area contributed by atoms with E-state index in [9.17, 15) is 4.79 Å². The van der Waals surface area contributed by atoms with E-state index in [2.05, 4.69) is 26.9 Å². The van der Waals surface area contributed by atoms with Gasteiger partial charge in [-0.1, -0.05) is 43.2 Å². The van der Waals surface area contributed by atoms with Crippen molar-refractivity contribution in [1.29, 1.82) is 0 Å². The van der Waals surface area contributed by atoms with Gasteiger partial charge in [-0.3, -0.25) is 9.36 Å². The van der Waals surface area contributed by atoms with Crippen molar-refractivity contribution >= 4 is 17.7 Å². The maximum atomic E-state index is 12.6. The molecule has 1 saturated heterocycles. The maximum Gasteiger partial charge on any atom is 0.253 e. The second kappa shape index (κ2) is 9.30. The lowest BCUT2D eigenvalue weighted by Gasteiger charge is -2.25. The van der Waals surface area contributed by atoms with Crippen molar-refractivity contribution in [2.75, 3.05) is 13.1 Å². The van der Waals surface area contributed by atoms with Gasteiger partial charge in [-0.15, -0.1) is 10.2 Å². The van der Waals surface area contributed by atoms with E-state index in [4.69, 9.17) is 4.42 Å². The molecule has 0 N–H and O–H groups in total. The molecule has 0 radical (unpaired) electrons. The summed E-state index contributed by atoms with van der Waals surface area (Å²) in [5.74, 6) is 2.54. The van der Waals surface area contributed by atoms with Gasteiger partial charge in [0.15, 0.2) is 10.9 Å². The third kappa shape index (κ3) is 4.42. The highest BCUT2D eigenvalue weighted by Crippen LogP contribution is 2.36. The average Bonchev–Trinajstić information content (AvgIpc) is 3.59. The van der Waals surface area contributed by atoms with Gasteiger partial charge in [-0.25, -0.2) is 0 Å². The number of likely N-dealkylation sites (tertiary alicyclic amines) is 1. The molecule has 1 saturated carbocycles. The van der Waals surface area contributed by atoms with Crippen molar-refractivity contribution in [2.45, 2.75) is 61.9 Å². The van der Waals surface area contributed by atoms with Crippen LogP contribution in [0.2, 0.25) is 0 Å². The van der Waals surface area contributed by atoms with Crippen molar-refractivity contribution in [3.05, 3.63) is 53.8 Å². The third-order valence-electron chi connectivity index (χ3n) is 6.31. The van der Waals surface area contributed by atoms with Gasteiger partial charge in [-0.05, 0) is 55.5 Å². The second-order valence-electron chi connectivity index (χ2n) is 8.43. The molecule has 7 heteroatoms. The van der Waals surface area contributed by atoms with Crippen molar-refractivity contribution in [1.82, 2.24) is 19.7 Å². The first-order chi connectivity index (χ1) is 15.3. The molecule has 2 aliphatic rings. The van der Waals surface area contributed by atoms with E-state index in [0.717, 1.165) is 66.8 Å². The Kier molecular flexibility index (Phi) is 6.11. The van der Waals surface area contributed by atoms with E-state index < -0.39 is 0 Å². The van der Waals surface area contributed by atoms with Crippen LogP contribution in [-0.4, -0.2) is 38.7 Å². The number of thioether (sulfide) groups is 1. The molecule has 0 spiro atoms. The third-order valence-corrected chi connectivity index (χ3v) is 7.32. The minimum Gasteiger partial charge on any atom is -0.461 e. The monoisotopic (exact) mass is 436 g/mol. The zero-order valence-electron chi connectivity index (χ0n) is 17.7. The smallest absolute Gasteiger partial charge is 0.253 e. The Morgan fingerprint density at radius 1 is 1.00 bits per heavy atom. The van der Waals surface area contributed by atoms with E-state index in [0.29, 0.717) is 6.04 Å². The number of aromatic nitrogens is 3. The highest BCUT2D eigenvalue weighted by atomic mass is 32.2. The lowest BCUT2D eigenvalue weighted by molar-refractivity contribution is 0.0793. The van der Waals surface area contributed by atoms with Gasteiger partial charge in [0.25, 0.3) is 5.91 Å². The number of carbonyl (C=O) groups is 1. The summed E-state index contributed by atoms with van der Waals surface area (Å²) in [6.45, 7) is 1.76. The number of carbonyl (C=O) groups excluding carboxylic acids is 1. The Balaban J connectivity index is 1.31. The molecule has 3 aromatic rings. The molecule has 0 unspecified atom stereocenters. The summed E-state index contributed by atoms with van der Waals surface area (Å²) < 4.78 is 7.92. The molecular weight excluding hydrogens is 408 g/mol. The molecule has 1 aliphatic carbocycles. The predicted molar refractivity (Wildman–Crippen MR) is 121 cm³/mol. The molecule has 6 nitrogen and oxygen atoms in total. The maximum absolute atomic E-state index is 12.6. The van der Waals surface area contributed by atoms with Gasteiger partial charge < -0.3 is 9.32 Å². The van der Waals surface area contributed by atoms with E-state index in [1.807, 2.05) is 29.2 Å². The normalized spacial score (nSPS) is 17.4. The van der Waals surface area contributed by atoms with Crippen molar-refractivity contribution in [3.63, 3.8) is 0 Å². The predicted octanol–water partition coefficient (Wildman–Crippen LogP) is 5.57. The van der Waals surface area contributed by atoms with E-state index >= 15 is 0 Å². The number of amides is 1. The van der Waals surface area contributed by atoms with Crippen LogP contribution in [-0.2, 0) is 5.75 Å². The molecule has 31 heavy (non-hydrogen) atoms. The van der Waals surface area contributed by atoms with Gasteiger partial charge in [0, 0.05) is 30.4 Å². The van der Waals surface area contributed by atoms with Crippen LogP contribution in [0, 0.1) is 0 Å². The first-order valence-corrected chi connectivity index (χ1v) is 12.3. The molecule has 0 atom stereocenters. The fourth-order valence-corrected chi connectivity index (χ4v) is 5.57. The van der Waals surface area contributed by atoms with E-state index in [-0.39, 0.29) is 5.91 Å². The molecule has 3 heterocycles. The first kappa shape index (κ1) is 20.4. The molecule has 1 aliphatic heterocycles. The molecule has 2 fully saturated rings. The summed E-state index contributed by atoms with van der Waals surface area (Å²) in [7, 11) is 0. The fourth-order valence-electron chi connectivity index (χ4n) is 4.61. The summed E-state index contributed by atoms with van der Waals surface area (Å²) in [6, 6.07) is 12.3.